The molecule has 22 heavy (non-hydrogen) atoms. The van der Waals surface area contributed by atoms with Crippen LogP contribution < -0.4 is 0 Å². The van der Waals surface area contributed by atoms with Gasteiger partial charge in [0.15, 0.2) is 0 Å². The van der Waals surface area contributed by atoms with Gasteiger partial charge < -0.3 is 0 Å². The Labute approximate surface area is 130 Å². The van der Waals surface area contributed by atoms with Gasteiger partial charge in [-0.2, -0.15) is 5.26 Å². The molecule has 0 unspecified atom stereocenters. The van der Waals surface area contributed by atoms with E-state index in [0.717, 1.165) is 16.9 Å². The number of benzene rings is 1. The van der Waals surface area contributed by atoms with Crippen LogP contribution in [-0.4, -0.2) is 9.38 Å². The van der Waals surface area contributed by atoms with Crippen LogP contribution in [0.25, 0.3) is 5.65 Å². The van der Waals surface area contributed by atoms with E-state index in [-0.39, 0.29) is 0 Å². The number of hydrogen-bond donors (Lipinski definition) is 0. The van der Waals surface area contributed by atoms with Crippen LogP contribution >= 0.6 is 0 Å². The lowest BCUT2D eigenvalue weighted by molar-refractivity contribution is 0.865. The maximum Gasteiger partial charge on any atom is 0.148 e. The summed E-state index contributed by atoms with van der Waals surface area (Å²) in [7, 11) is 0. The van der Waals surface area contributed by atoms with Crippen molar-refractivity contribution >= 4 is 5.65 Å². The maximum absolute atomic E-state index is 9.48. The molecular formula is C19H19N3. The van der Waals surface area contributed by atoms with Crippen LogP contribution in [0, 0.1) is 18.3 Å². The zero-order valence-electron chi connectivity index (χ0n) is 13.2. The van der Waals surface area contributed by atoms with Crippen LogP contribution in [0.15, 0.2) is 42.6 Å². The Hall–Kier alpha value is -2.60. The van der Waals surface area contributed by atoms with E-state index in [1.807, 2.05) is 29.7 Å². The van der Waals surface area contributed by atoms with E-state index in [1.165, 1.54) is 11.1 Å². The normalized spacial score (nSPS) is 11.0. The van der Waals surface area contributed by atoms with Crippen molar-refractivity contribution in [3.8, 4) is 6.07 Å². The SMILES string of the molecule is Cc1ccc2nc(Cc3ccc(C(C)C)cc3)c(C#N)n2c1. The van der Waals surface area contributed by atoms with Crippen LogP contribution in [0.2, 0.25) is 0 Å². The molecule has 2 heterocycles. The number of rotatable bonds is 3. The summed E-state index contributed by atoms with van der Waals surface area (Å²) in [6.45, 7) is 6.39. The zero-order valence-corrected chi connectivity index (χ0v) is 13.2. The summed E-state index contributed by atoms with van der Waals surface area (Å²) in [6, 6.07) is 14.9. The summed E-state index contributed by atoms with van der Waals surface area (Å²) in [5.41, 5.74) is 5.93. The van der Waals surface area contributed by atoms with E-state index in [0.29, 0.717) is 18.0 Å². The summed E-state index contributed by atoms with van der Waals surface area (Å²) in [6.07, 6.45) is 2.65. The topological polar surface area (TPSA) is 41.1 Å². The second-order valence-corrected chi connectivity index (χ2v) is 6.03. The minimum atomic E-state index is 0.530. The summed E-state index contributed by atoms with van der Waals surface area (Å²) in [5.74, 6) is 0.530. The monoisotopic (exact) mass is 289 g/mol. The van der Waals surface area contributed by atoms with Crippen molar-refractivity contribution in [2.45, 2.75) is 33.1 Å². The van der Waals surface area contributed by atoms with Crippen LogP contribution in [0.3, 0.4) is 0 Å². The third-order valence-corrected chi connectivity index (χ3v) is 3.96. The van der Waals surface area contributed by atoms with Crippen molar-refractivity contribution in [3.05, 3.63) is 70.7 Å². The molecule has 0 N–H and O–H groups in total. The third kappa shape index (κ3) is 2.60. The minimum Gasteiger partial charge on any atom is -0.291 e. The van der Waals surface area contributed by atoms with E-state index in [9.17, 15) is 5.26 Å². The maximum atomic E-state index is 9.48. The molecule has 0 aliphatic heterocycles. The van der Waals surface area contributed by atoms with Gasteiger partial charge in [0, 0.05) is 12.6 Å². The highest BCUT2D eigenvalue weighted by Crippen LogP contribution is 2.19. The average Bonchev–Trinajstić information content (AvgIpc) is 2.84. The van der Waals surface area contributed by atoms with Gasteiger partial charge in [-0.05, 0) is 35.6 Å². The molecular weight excluding hydrogens is 270 g/mol. The fourth-order valence-electron chi connectivity index (χ4n) is 2.65. The van der Waals surface area contributed by atoms with Crippen molar-refractivity contribution < 1.29 is 0 Å². The molecule has 3 aromatic rings. The fraction of sp³-hybridized carbons (Fsp3) is 0.263. The number of pyridine rings is 1. The molecule has 0 amide bonds. The fourth-order valence-corrected chi connectivity index (χ4v) is 2.65. The molecule has 3 heteroatoms. The van der Waals surface area contributed by atoms with Gasteiger partial charge in [0.05, 0.1) is 5.69 Å². The molecule has 1 aromatic carbocycles. The van der Waals surface area contributed by atoms with Gasteiger partial charge in [-0.25, -0.2) is 4.98 Å². The molecule has 3 nitrogen and oxygen atoms in total. The number of hydrogen-bond acceptors (Lipinski definition) is 2. The smallest absolute Gasteiger partial charge is 0.148 e. The lowest BCUT2D eigenvalue weighted by Crippen LogP contribution is -1.95. The predicted molar refractivity (Wildman–Crippen MR) is 88.0 cm³/mol. The summed E-state index contributed by atoms with van der Waals surface area (Å²) in [4.78, 5) is 4.62. The third-order valence-electron chi connectivity index (χ3n) is 3.96. The van der Waals surface area contributed by atoms with Gasteiger partial charge in [-0.1, -0.05) is 44.2 Å². The number of aromatic nitrogens is 2. The highest BCUT2D eigenvalue weighted by molar-refractivity contribution is 5.49. The average molecular weight is 289 g/mol. The number of aryl methyl sites for hydroxylation is 1. The molecule has 0 fully saturated rings. The second-order valence-electron chi connectivity index (χ2n) is 6.03. The van der Waals surface area contributed by atoms with E-state index >= 15 is 0 Å². The molecule has 110 valence electrons. The van der Waals surface area contributed by atoms with Crippen molar-refractivity contribution in [2.24, 2.45) is 0 Å². The quantitative estimate of drug-likeness (QED) is 0.724. The minimum absolute atomic E-state index is 0.530. The van der Waals surface area contributed by atoms with Crippen molar-refractivity contribution in [1.29, 1.82) is 5.26 Å². The lowest BCUT2D eigenvalue weighted by atomic mass is 10.00. The van der Waals surface area contributed by atoms with Gasteiger partial charge in [0.1, 0.15) is 17.4 Å². The molecule has 0 bridgehead atoms. The van der Waals surface area contributed by atoms with Gasteiger partial charge in [0.25, 0.3) is 0 Å². The molecule has 0 radical (unpaired) electrons. The van der Waals surface area contributed by atoms with E-state index in [2.05, 4.69) is 49.2 Å². The van der Waals surface area contributed by atoms with E-state index in [4.69, 9.17) is 0 Å². The first-order chi connectivity index (χ1) is 10.6. The van der Waals surface area contributed by atoms with Crippen LogP contribution in [0.5, 0.6) is 0 Å². The Balaban J connectivity index is 1.98. The number of nitriles is 1. The van der Waals surface area contributed by atoms with Gasteiger partial charge in [-0.3, -0.25) is 4.40 Å². The first kappa shape index (κ1) is 14.3. The highest BCUT2D eigenvalue weighted by Gasteiger charge is 2.12. The zero-order chi connectivity index (χ0) is 15.7. The molecule has 0 aliphatic rings. The lowest BCUT2D eigenvalue weighted by Gasteiger charge is -2.06. The summed E-state index contributed by atoms with van der Waals surface area (Å²) in [5, 5.41) is 9.48. The Morgan fingerprint density at radius 1 is 1.14 bits per heavy atom. The Kier molecular flexibility index (Phi) is 3.68. The Morgan fingerprint density at radius 2 is 1.86 bits per heavy atom. The first-order valence-corrected chi connectivity index (χ1v) is 7.55. The largest absolute Gasteiger partial charge is 0.291 e. The van der Waals surface area contributed by atoms with Crippen molar-refractivity contribution in [2.75, 3.05) is 0 Å². The number of nitrogens with zero attached hydrogens (tertiary/aromatic N) is 3. The van der Waals surface area contributed by atoms with Gasteiger partial charge >= 0.3 is 0 Å². The molecule has 0 spiro atoms. The van der Waals surface area contributed by atoms with Crippen LogP contribution in [0.1, 0.15) is 47.8 Å². The van der Waals surface area contributed by atoms with Crippen molar-refractivity contribution in [1.82, 2.24) is 9.38 Å². The number of fused-ring (bicyclic) bond motifs is 1. The Morgan fingerprint density at radius 3 is 2.50 bits per heavy atom. The van der Waals surface area contributed by atoms with E-state index in [1.54, 1.807) is 0 Å². The predicted octanol–water partition coefficient (Wildman–Crippen LogP) is 4.23. The molecule has 0 aliphatic carbocycles. The highest BCUT2D eigenvalue weighted by atomic mass is 15.0. The first-order valence-electron chi connectivity index (χ1n) is 7.55. The molecule has 0 saturated heterocycles. The second kappa shape index (κ2) is 5.65. The number of imidazole rings is 1. The summed E-state index contributed by atoms with van der Waals surface area (Å²) >= 11 is 0. The van der Waals surface area contributed by atoms with Crippen LogP contribution in [-0.2, 0) is 6.42 Å². The molecule has 0 atom stereocenters. The van der Waals surface area contributed by atoms with Crippen molar-refractivity contribution in [3.63, 3.8) is 0 Å². The summed E-state index contributed by atoms with van der Waals surface area (Å²) < 4.78 is 1.88. The molecule has 3 rings (SSSR count). The van der Waals surface area contributed by atoms with E-state index < -0.39 is 0 Å². The van der Waals surface area contributed by atoms with Gasteiger partial charge in [0.2, 0.25) is 0 Å². The van der Waals surface area contributed by atoms with Gasteiger partial charge in [-0.15, -0.1) is 0 Å². The molecule has 0 saturated carbocycles. The standard InChI is InChI=1S/C19H19N3/c1-13(2)16-7-5-15(6-8-16)10-17-18(11-20)22-12-14(3)4-9-19(22)21-17/h4-9,12-13H,10H2,1-3H3. The molecule has 2 aromatic heterocycles. The van der Waals surface area contributed by atoms with Crippen LogP contribution in [0.4, 0.5) is 0 Å². The Bertz CT molecular complexity index is 849.